The molecule has 1 fully saturated rings. The van der Waals surface area contributed by atoms with Gasteiger partial charge in [-0.2, -0.15) is 0 Å². The van der Waals surface area contributed by atoms with Crippen LogP contribution in [-0.2, 0) is 0 Å². The third-order valence-electron chi connectivity index (χ3n) is 4.21. The molecular weight excluding hydrogens is 224 g/mol. The summed E-state index contributed by atoms with van der Waals surface area (Å²) in [6, 6.07) is 8.93. The van der Waals surface area contributed by atoms with Crippen molar-refractivity contribution in [2.75, 3.05) is 0 Å². The lowest BCUT2D eigenvalue weighted by Crippen LogP contribution is -2.12. The highest BCUT2D eigenvalue weighted by Gasteiger charge is 2.20. The molecule has 0 spiro atoms. The highest BCUT2D eigenvalue weighted by Crippen LogP contribution is 2.36. The molecule has 17 heavy (non-hydrogen) atoms. The van der Waals surface area contributed by atoms with E-state index in [0.717, 1.165) is 16.7 Å². The lowest BCUT2D eigenvalue weighted by Gasteiger charge is -2.28. The van der Waals surface area contributed by atoms with Gasteiger partial charge >= 0.3 is 0 Å². The number of benzene rings is 1. The summed E-state index contributed by atoms with van der Waals surface area (Å²) in [7, 11) is 0. The van der Waals surface area contributed by atoms with Crippen LogP contribution in [0, 0.1) is 5.92 Å². The molecule has 0 unspecified atom stereocenters. The molecule has 0 atom stereocenters. The first-order chi connectivity index (χ1) is 8.20. The molecule has 1 aliphatic carbocycles. The van der Waals surface area contributed by atoms with E-state index >= 15 is 0 Å². The van der Waals surface area contributed by atoms with E-state index in [0.29, 0.717) is 0 Å². The maximum atomic E-state index is 5.19. The molecule has 0 bridgehead atoms. The van der Waals surface area contributed by atoms with Crippen LogP contribution in [-0.4, -0.2) is 4.86 Å². The largest absolute Gasteiger partial charge is 0.0846 e. The summed E-state index contributed by atoms with van der Waals surface area (Å²) in [4.78, 5) is 0.992. The Hall–Kier alpha value is -0.690. The maximum absolute atomic E-state index is 5.19. The predicted molar refractivity (Wildman–Crippen MR) is 78.8 cm³/mol. The first-order valence-corrected chi connectivity index (χ1v) is 7.22. The van der Waals surface area contributed by atoms with Crippen molar-refractivity contribution in [3.05, 3.63) is 35.4 Å². The summed E-state index contributed by atoms with van der Waals surface area (Å²) in [6.45, 7) is 4.32. The van der Waals surface area contributed by atoms with Gasteiger partial charge in [0.2, 0.25) is 0 Å². The number of rotatable bonds is 3. The molecule has 0 radical (unpaired) electrons. The van der Waals surface area contributed by atoms with Gasteiger partial charge in [0.05, 0.1) is 0 Å². The molecule has 2 rings (SSSR count). The smallest absolute Gasteiger partial charge is 0.0193 e. The van der Waals surface area contributed by atoms with Gasteiger partial charge in [0.15, 0.2) is 0 Å². The van der Waals surface area contributed by atoms with E-state index in [-0.39, 0.29) is 0 Å². The van der Waals surface area contributed by atoms with Crippen LogP contribution in [0.25, 0.3) is 0 Å². The number of hydrogen-bond donors (Lipinski definition) is 0. The van der Waals surface area contributed by atoms with Gasteiger partial charge in [0, 0.05) is 4.86 Å². The molecule has 0 amide bonds. The first-order valence-electron chi connectivity index (χ1n) is 6.81. The second kappa shape index (κ2) is 5.77. The zero-order valence-electron chi connectivity index (χ0n) is 10.9. The summed E-state index contributed by atoms with van der Waals surface area (Å²) in [5.74, 6) is 1.77. The molecule has 0 heterocycles. The molecule has 1 heteroatoms. The predicted octanol–water partition coefficient (Wildman–Crippen LogP) is 5.11. The van der Waals surface area contributed by atoms with Gasteiger partial charge in [-0.15, -0.1) is 0 Å². The topological polar surface area (TPSA) is 0 Å². The van der Waals surface area contributed by atoms with Crippen molar-refractivity contribution < 1.29 is 0 Å². The van der Waals surface area contributed by atoms with Crippen LogP contribution in [0.2, 0.25) is 0 Å². The molecule has 1 aromatic rings. The average molecular weight is 246 g/mol. The summed E-state index contributed by atoms with van der Waals surface area (Å²) in [5, 5.41) is 0. The monoisotopic (exact) mass is 246 g/mol. The van der Waals surface area contributed by atoms with E-state index in [1.807, 2.05) is 6.92 Å². The highest BCUT2D eigenvalue weighted by molar-refractivity contribution is 7.80. The normalized spacial score (nSPS) is 24.6. The fourth-order valence-corrected chi connectivity index (χ4v) is 3.03. The Morgan fingerprint density at radius 3 is 2.18 bits per heavy atom. The van der Waals surface area contributed by atoms with Crippen molar-refractivity contribution in [2.45, 2.75) is 51.9 Å². The van der Waals surface area contributed by atoms with E-state index in [9.17, 15) is 0 Å². The SMILES string of the molecule is CC[C@H]1CC[C@@H](c2ccc(C(C)=S)cc2)CC1. The molecule has 1 saturated carbocycles. The minimum atomic E-state index is 0.789. The highest BCUT2D eigenvalue weighted by atomic mass is 32.1. The Balaban J connectivity index is 2.01. The van der Waals surface area contributed by atoms with Gasteiger partial charge in [0.25, 0.3) is 0 Å². The van der Waals surface area contributed by atoms with Crippen molar-refractivity contribution in [1.82, 2.24) is 0 Å². The third-order valence-corrected chi connectivity index (χ3v) is 4.45. The molecule has 1 aliphatic rings. The van der Waals surface area contributed by atoms with Gasteiger partial charge in [-0.05, 0) is 55.6 Å². The van der Waals surface area contributed by atoms with E-state index in [2.05, 4.69) is 31.2 Å². The quantitative estimate of drug-likeness (QED) is 0.527. The fourth-order valence-electron chi connectivity index (χ4n) is 2.89. The van der Waals surface area contributed by atoms with Crippen LogP contribution >= 0.6 is 12.2 Å². The second-order valence-corrected chi connectivity index (χ2v) is 5.92. The van der Waals surface area contributed by atoms with E-state index < -0.39 is 0 Å². The van der Waals surface area contributed by atoms with Gasteiger partial charge < -0.3 is 0 Å². The van der Waals surface area contributed by atoms with Gasteiger partial charge in [0.1, 0.15) is 0 Å². The van der Waals surface area contributed by atoms with Gasteiger partial charge in [-0.1, -0.05) is 49.8 Å². The van der Waals surface area contributed by atoms with Crippen molar-refractivity contribution in [1.29, 1.82) is 0 Å². The van der Waals surface area contributed by atoms with Crippen molar-refractivity contribution in [3.8, 4) is 0 Å². The molecule has 0 aliphatic heterocycles. The summed E-state index contributed by atoms with van der Waals surface area (Å²) in [5.41, 5.74) is 2.71. The Kier molecular flexibility index (Phi) is 4.33. The van der Waals surface area contributed by atoms with E-state index in [1.165, 1.54) is 43.2 Å². The number of hydrogen-bond acceptors (Lipinski definition) is 1. The van der Waals surface area contributed by atoms with Gasteiger partial charge in [-0.3, -0.25) is 0 Å². The molecule has 1 aromatic carbocycles. The van der Waals surface area contributed by atoms with Gasteiger partial charge in [-0.25, -0.2) is 0 Å². The molecule has 0 aromatic heterocycles. The standard InChI is InChI=1S/C16H22S/c1-3-13-4-6-15(7-5-13)16-10-8-14(9-11-16)12(2)17/h8-11,13,15H,3-7H2,1-2H3/t13-,15+. The second-order valence-electron chi connectivity index (χ2n) is 5.30. The Labute approximate surface area is 110 Å². The lowest BCUT2D eigenvalue weighted by atomic mass is 9.78. The first kappa shape index (κ1) is 12.8. The van der Waals surface area contributed by atoms with Crippen LogP contribution in [0.4, 0.5) is 0 Å². The van der Waals surface area contributed by atoms with Crippen LogP contribution in [0.5, 0.6) is 0 Å². The number of thiocarbonyl (C=S) groups is 1. The Bertz CT molecular complexity index is 369. The molecule has 0 nitrogen and oxygen atoms in total. The van der Waals surface area contributed by atoms with Crippen LogP contribution in [0.15, 0.2) is 24.3 Å². The fraction of sp³-hybridized carbons (Fsp3) is 0.562. The minimum Gasteiger partial charge on any atom is -0.0846 e. The van der Waals surface area contributed by atoms with E-state index in [4.69, 9.17) is 12.2 Å². The minimum absolute atomic E-state index is 0.789. The van der Waals surface area contributed by atoms with Crippen molar-refractivity contribution >= 4 is 17.1 Å². The zero-order chi connectivity index (χ0) is 12.3. The van der Waals surface area contributed by atoms with Crippen LogP contribution in [0.3, 0.4) is 0 Å². The maximum Gasteiger partial charge on any atom is 0.0193 e. The van der Waals surface area contributed by atoms with Crippen molar-refractivity contribution in [2.24, 2.45) is 5.92 Å². The van der Waals surface area contributed by atoms with Crippen LogP contribution in [0.1, 0.15) is 63.0 Å². The van der Waals surface area contributed by atoms with Crippen LogP contribution < -0.4 is 0 Å². The molecular formula is C16H22S. The zero-order valence-corrected chi connectivity index (χ0v) is 11.7. The summed E-state index contributed by atoms with van der Waals surface area (Å²) < 4.78 is 0. The summed E-state index contributed by atoms with van der Waals surface area (Å²) in [6.07, 6.45) is 6.92. The molecule has 92 valence electrons. The molecule has 0 N–H and O–H groups in total. The van der Waals surface area contributed by atoms with Crippen molar-refractivity contribution in [3.63, 3.8) is 0 Å². The Morgan fingerprint density at radius 2 is 1.71 bits per heavy atom. The summed E-state index contributed by atoms with van der Waals surface area (Å²) >= 11 is 5.19. The Morgan fingerprint density at radius 1 is 1.12 bits per heavy atom. The van der Waals surface area contributed by atoms with E-state index in [1.54, 1.807) is 0 Å². The third kappa shape index (κ3) is 3.16. The average Bonchev–Trinajstić information content (AvgIpc) is 2.39. The molecule has 0 saturated heterocycles. The lowest BCUT2D eigenvalue weighted by molar-refractivity contribution is 0.319.